The van der Waals surface area contributed by atoms with Gasteiger partial charge in [0.25, 0.3) is 5.91 Å². The lowest BCUT2D eigenvalue weighted by molar-refractivity contribution is -0.130. The van der Waals surface area contributed by atoms with Crippen molar-refractivity contribution in [2.45, 2.75) is 0 Å². The number of hydrogen-bond acceptors (Lipinski definition) is 9. The smallest absolute Gasteiger partial charge is 0.254 e. The number of guanidine groups is 1. The molecule has 2 rings (SSSR count). The lowest BCUT2D eigenvalue weighted by Crippen LogP contribution is -2.44. The summed E-state index contributed by atoms with van der Waals surface area (Å²) in [6.07, 6.45) is 0. The average Bonchev–Trinajstić information content (AvgIpc) is 2.82. The number of nitrogens with two attached hydrogens (primary N) is 1. The minimum Gasteiger partial charge on any atom is -0.347 e. The Kier molecular flexibility index (Phi) is 4.78. The molecule has 1 aliphatic heterocycles. The van der Waals surface area contributed by atoms with E-state index in [0.717, 1.165) is 4.90 Å². The van der Waals surface area contributed by atoms with Gasteiger partial charge < -0.3 is 9.80 Å². The molecule has 0 bridgehead atoms. The molecule has 24 heavy (non-hydrogen) atoms. The standard InChI is InChI=1S/C12H20N10O2/c1-19(2)10-15-11(20(3)4)17-12(16-10)22-6-8(24)21(9(22)13)5-7(23)18-14/h13H,5-6,14H2,1-4H3,(H,18,23). The van der Waals surface area contributed by atoms with E-state index in [9.17, 15) is 9.59 Å². The van der Waals surface area contributed by atoms with Gasteiger partial charge in [0.2, 0.25) is 29.7 Å². The number of nitrogens with zero attached hydrogens (tertiary/aromatic N) is 7. The molecule has 2 amide bonds. The van der Waals surface area contributed by atoms with Gasteiger partial charge in [0.05, 0.1) is 0 Å². The van der Waals surface area contributed by atoms with Crippen LogP contribution in [0.3, 0.4) is 0 Å². The molecule has 12 nitrogen and oxygen atoms in total. The molecule has 0 aromatic carbocycles. The molecule has 0 radical (unpaired) electrons. The molecule has 0 spiro atoms. The van der Waals surface area contributed by atoms with E-state index < -0.39 is 11.8 Å². The van der Waals surface area contributed by atoms with Crippen molar-refractivity contribution in [1.29, 1.82) is 5.41 Å². The van der Waals surface area contributed by atoms with Gasteiger partial charge in [0.1, 0.15) is 13.1 Å². The van der Waals surface area contributed by atoms with Gasteiger partial charge >= 0.3 is 0 Å². The SMILES string of the molecule is CN(C)c1nc(N(C)C)nc(N2CC(=O)N(CC(=O)NN)C2=N)n1. The van der Waals surface area contributed by atoms with Crippen molar-refractivity contribution in [3.63, 3.8) is 0 Å². The number of carbonyl (C=O) groups is 2. The van der Waals surface area contributed by atoms with Gasteiger partial charge in [-0.3, -0.25) is 30.2 Å². The van der Waals surface area contributed by atoms with Crippen molar-refractivity contribution >= 4 is 35.6 Å². The number of amides is 2. The van der Waals surface area contributed by atoms with Gasteiger partial charge in [-0.05, 0) is 0 Å². The Morgan fingerprint density at radius 3 is 2.21 bits per heavy atom. The lowest BCUT2D eigenvalue weighted by Gasteiger charge is -2.21. The van der Waals surface area contributed by atoms with Crippen LogP contribution in [-0.2, 0) is 9.59 Å². The Balaban J connectivity index is 2.36. The Morgan fingerprint density at radius 1 is 1.21 bits per heavy atom. The maximum Gasteiger partial charge on any atom is 0.254 e. The van der Waals surface area contributed by atoms with Crippen LogP contribution in [-0.4, -0.2) is 78.9 Å². The summed E-state index contributed by atoms with van der Waals surface area (Å²) in [4.78, 5) is 42.0. The largest absolute Gasteiger partial charge is 0.347 e. The minimum absolute atomic E-state index is 0.138. The molecule has 1 aliphatic rings. The average molecular weight is 336 g/mol. The number of hydrogen-bond donors (Lipinski definition) is 3. The topological polar surface area (TPSA) is 148 Å². The first-order chi connectivity index (χ1) is 11.2. The number of rotatable bonds is 5. The second-order valence-electron chi connectivity index (χ2n) is 5.48. The lowest BCUT2D eigenvalue weighted by atomic mass is 10.5. The first-order valence-electron chi connectivity index (χ1n) is 7.01. The van der Waals surface area contributed by atoms with Gasteiger partial charge in [-0.15, -0.1) is 0 Å². The molecule has 0 saturated carbocycles. The van der Waals surface area contributed by atoms with E-state index >= 15 is 0 Å². The highest BCUT2D eigenvalue weighted by atomic mass is 16.2. The Labute approximate surface area is 138 Å². The maximum atomic E-state index is 12.1. The summed E-state index contributed by atoms with van der Waals surface area (Å²) < 4.78 is 0. The van der Waals surface area contributed by atoms with Crippen molar-refractivity contribution in [3.8, 4) is 0 Å². The van der Waals surface area contributed by atoms with E-state index in [1.807, 2.05) is 5.43 Å². The van der Waals surface area contributed by atoms with Crippen LogP contribution in [0.4, 0.5) is 17.8 Å². The Hall–Kier alpha value is -3.02. The molecule has 1 saturated heterocycles. The molecular weight excluding hydrogens is 316 g/mol. The van der Waals surface area contributed by atoms with Crippen LogP contribution in [0.25, 0.3) is 0 Å². The number of carbonyl (C=O) groups excluding carboxylic acids is 2. The van der Waals surface area contributed by atoms with Crippen molar-refractivity contribution < 1.29 is 9.59 Å². The zero-order valence-electron chi connectivity index (χ0n) is 13.9. The zero-order chi connectivity index (χ0) is 18.0. The predicted molar refractivity (Wildman–Crippen MR) is 87.6 cm³/mol. The van der Waals surface area contributed by atoms with Crippen LogP contribution in [0, 0.1) is 5.41 Å². The second-order valence-corrected chi connectivity index (χ2v) is 5.48. The predicted octanol–water partition coefficient (Wildman–Crippen LogP) is -2.42. The quantitative estimate of drug-likeness (QED) is 0.303. The van der Waals surface area contributed by atoms with Crippen LogP contribution in [0.15, 0.2) is 0 Å². The van der Waals surface area contributed by atoms with E-state index in [-0.39, 0.29) is 25.0 Å². The molecule has 1 aromatic rings. The minimum atomic E-state index is -0.575. The third kappa shape index (κ3) is 3.32. The molecule has 1 aromatic heterocycles. The van der Waals surface area contributed by atoms with Crippen LogP contribution in [0.1, 0.15) is 0 Å². The van der Waals surface area contributed by atoms with Gasteiger partial charge in [-0.1, -0.05) is 0 Å². The number of hydrazine groups is 1. The first kappa shape index (κ1) is 17.3. The van der Waals surface area contributed by atoms with Crippen LogP contribution < -0.4 is 26.0 Å². The molecule has 0 atom stereocenters. The highest BCUT2D eigenvalue weighted by molar-refractivity contribution is 6.14. The second kappa shape index (κ2) is 6.62. The molecular formula is C12H20N10O2. The fraction of sp³-hybridized carbons (Fsp3) is 0.500. The van der Waals surface area contributed by atoms with Crippen molar-refractivity contribution in [3.05, 3.63) is 0 Å². The molecule has 4 N–H and O–H groups in total. The molecule has 0 unspecified atom stereocenters. The normalized spacial score (nSPS) is 14.2. The van der Waals surface area contributed by atoms with E-state index in [1.165, 1.54) is 4.90 Å². The summed E-state index contributed by atoms with van der Waals surface area (Å²) in [5.74, 6) is 4.79. The fourth-order valence-electron chi connectivity index (χ4n) is 1.94. The summed E-state index contributed by atoms with van der Waals surface area (Å²) in [7, 11) is 7.10. The summed E-state index contributed by atoms with van der Waals surface area (Å²) in [5, 5.41) is 8.14. The number of aromatic nitrogens is 3. The molecule has 12 heteroatoms. The Morgan fingerprint density at radius 2 is 1.75 bits per heavy atom. The van der Waals surface area contributed by atoms with E-state index in [1.54, 1.807) is 38.0 Å². The van der Waals surface area contributed by atoms with Crippen molar-refractivity contribution in [2.75, 3.05) is 56.0 Å². The number of anilines is 3. The van der Waals surface area contributed by atoms with Crippen molar-refractivity contribution in [2.24, 2.45) is 5.84 Å². The Bertz CT molecular complexity index is 648. The highest BCUT2D eigenvalue weighted by Gasteiger charge is 2.37. The van der Waals surface area contributed by atoms with Gasteiger partial charge in [0.15, 0.2) is 0 Å². The van der Waals surface area contributed by atoms with Crippen molar-refractivity contribution in [1.82, 2.24) is 25.3 Å². The van der Waals surface area contributed by atoms with E-state index in [2.05, 4.69) is 15.0 Å². The molecule has 130 valence electrons. The van der Waals surface area contributed by atoms with Gasteiger partial charge in [-0.2, -0.15) is 15.0 Å². The summed E-state index contributed by atoms with van der Waals surface area (Å²) in [5.41, 5.74) is 1.93. The van der Waals surface area contributed by atoms with E-state index in [4.69, 9.17) is 11.3 Å². The third-order valence-electron chi connectivity index (χ3n) is 3.21. The highest BCUT2D eigenvalue weighted by Crippen LogP contribution is 2.20. The zero-order valence-corrected chi connectivity index (χ0v) is 13.9. The van der Waals surface area contributed by atoms with Crippen LogP contribution in [0.5, 0.6) is 0 Å². The van der Waals surface area contributed by atoms with Gasteiger partial charge in [0, 0.05) is 28.2 Å². The first-order valence-corrected chi connectivity index (χ1v) is 7.01. The van der Waals surface area contributed by atoms with Crippen LogP contribution >= 0.6 is 0 Å². The number of nitrogens with one attached hydrogen (secondary N) is 2. The third-order valence-corrected chi connectivity index (χ3v) is 3.21. The molecule has 2 heterocycles. The summed E-state index contributed by atoms with van der Waals surface area (Å²) >= 11 is 0. The van der Waals surface area contributed by atoms with Crippen LogP contribution in [0.2, 0.25) is 0 Å². The molecule has 1 fully saturated rings. The molecule has 0 aliphatic carbocycles. The summed E-state index contributed by atoms with van der Waals surface area (Å²) in [6, 6.07) is 0. The van der Waals surface area contributed by atoms with Gasteiger partial charge in [-0.25, -0.2) is 5.84 Å². The monoisotopic (exact) mass is 336 g/mol. The summed E-state index contributed by atoms with van der Waals surface area (Å²) in [6.45, 7) is -0.475. The maximum absolute atomic E-state index is 12.1. The van der Waals surface area contributed by atoms with E-state index in [0.29, 0.717) is 11.9 Å². The fourth-order valence-corrected chi connectivity index (χ4v) is 1.94.